The molecule has 0 spiro atoms. The first-order chi connectivity index (χ1) is 12.7. The fourth-order valence-electron chi connectivity index (χ4n) is 3.65. The third-order valence-electron chi connectivity index (χ3n) is 4.91. The van der Waals surface area contributed by atoms with Crippen molar-refractivity contribution in [3.63, 3.8) is 0 Å². The van der Waals surface area contributed by atoms with Crippen molar-refractivity contribution in [1.29, 1.82) is 0 Å². The van der Waals surface area contributed by atoms with Gasteiger partial charge in [0.25, 0.3) is 0 Å². The molecule has 1 aliphatic rings. The van der Waals surface area contributed by atoms with Gasteiger partial charge in [0.2, 0.25) is 0 Å². The van der Waals surface area contributed by atoms with Crippen molar-refractivity contribution < 1.29 is 14.3 Å². The lowest BCUT2D eigenvalue weighted by Crippen LogP contribution is -2.40. The Labute approximate surface area is 151 Å². The maximum Gasteiger partial charge on any atom is 0.310 e. The second-order valence-electron chi connectivity index (χ2n) is 6.49. The number of esters is 1. The molecule has 0 bridgehead atoms. The maximum atomic E-state index is 12.1. The van der Waals surface area contributed by atoms with Gasteiger partial charge < -0.3 is 19.4 Å². The summed E-state index contributed by atoms with van der Waals surface area (Å²) in [5, 5.41) is 1.03. The third-order valence-corrected chi connectivity index (χ3v) is 4.91. The number of hydrogen-bond donors (Lipinski definition) is 1. The number of rotatable bonds is 4. The van der Waals surface area contributed by atoms with Crippen molar-refractivity contribution >= 4 is 33.7 Å². The molecule has 26 heavy (non-hydrogen) atoms. The van der Waals surface area contributed by atoms with Crippen LogP contribution in [-0.2, 0) is 9.53 Å². The summed E-state index contributed by atoms with van der Waals surface area (Å²) in [7, 11) is 1.65. The van der Waals surface area contributed by atoms with Gasteiger partial charge in [0.15, 0.2) is 5.82 Å². The lowest BCUT2D eigenvalue weighted by Gasteiger charge is -2.32. The number of H-pyrrole nitrogens is 1. The highest BCUT2D eigenvalue weighted by molar-refractivity contribution is 6.08. The highest BCUT2D eigenvalue weighted by Gasteiger charge is 2.29. The van der Waals surface area contributed by atoms with E-state index < -0.39 is 0 Å². The first-order valence-corrected chi connectivity index (χ1v) is 8.93. The van der Waals surface area contributed by atoms with Crippen LogP contribution in [0.5, 0.6) is 5.75 Å². The molecule has 1 N–H and O–H groups in total. The number of benzene rings is 1. The van der Waals surface area contributed by atoms with Gasteiger partial charge in [-0.05, 0) is 31.9 Å². The predicted octanol–water partition coefficient (Wildman–Crippen LogP) is 2.90. The van der Waals surface area contributed by atoms with Gasteiger partial charge in [-0.1, -0.05) is 0 Å². The van der Waals surface area contributed by atoms with E-state index in [1.54, 1.807) is 13.4 Å². The number of carbonyl (C=O) groups is 1. The normalized spacial score (nSPS) is 17.6. The van der Waals surface area contributed by atoms with Gasteiger partial charge in [-0.3, -0.25) is 4.79 Å². The summed E-state index contributed by atoms with van der Waals surface area (Å²) < 4.78 is 10.5. The van der Waals surface area contributed by atoms with E-state index in [2.05, 4.69) is 19.9 Å². The maximum absolute atomic E-state index is 12.1. The molecule has 0 radical (unpaired) electrons. The fourth-order valence-corrected chi connectivity index (χ4v) is 3.65. The zero-order valence-corrected chi connectivity index (χ0v) is 15.0. The molecular weight excluding hydrogens is 332 g/mol. The minimum Gasteiger partial charge on any atom is -0.497 e. The number of methoxy groups -OCH3 is 1. The number of aromatic nitrogens is 3. The van der Waals surface area contributed by atoms with E-state index in [-0.39, 0.29) is 11.9 Å². The Balaban J connectivity index is 1.73. The van der Waals surface area contributed by atoms with Crippen LogP contribution < -0.4 is 9.64 Å². The molecule has 1 saturated heterocycles. The molecule has 1 atom stereocenters. The summed E-state index contributed by atoms with van der Waals surface area (Å²) in [5.74, 6) is 1.39. The number of carbonyl (C=O) groups excluding carboxylic acids is 1. The standard InChI is InChI=1S/C19H22N4O3/c1-3-26-19(24)12-5-4-8-23(10-12)18-17-16(20-11-21-18)14-7-6-13(25-2)9-15(14)22-17/h6-7,9,11-12,22H,3-5,8,10H2,1-2H3. The molecule has 7 nitrogen and oxygen atoms in total. The lowest BCUT2D eigenvalue weighted by atomic mass is 9.98. The molecule has 2 aromatic heterocycles. The molecule has 1 unspecified atom stereocenters. The van der Waals surface area contributed by atoms with Gasteiger partial charge in [0, 0.05) is 24.5 Å². The molecule has 0 amide bonds. The summed E-state index contributed by atoms with van der Waals surface area (Å²) in [6.07, 6.45) is 3.37. The Bertz CT molecular complexity index is 953. The van der Waals surface area contributed by atoms with Crippen molar-refractivity contribution in [2.24, 2.45) is 5.92 Å². The van der Waals surface area contributed by atoms with Crippen molar-refractivity contribution in [2.75, 3.05) is 31.7 Å². The zero-order valence-electron chi connectivity index (χ0n) is 15.0. The molecule has 1 aromatic carbocycles. The summed E-state index contributed by atoms with van der Waals surface area (Å²) in [5.41, 5.74) is 2.73. The van der Waals surface area contributed by atoms with Crippen molar-refractivity contribution in [2.45, 2.75) is 19.8 Å². The molecule has 7 heteroatoms. The monoisotopic (exact) mass is 354 g/mol. The van der Waals surface area contributed by atoms with E-state index in [9.17, 15) is 4.79 Å². The number of fused-ring (bicyclic) bond motifs is 3. The second-order valence-corrected chi connectivity index (χ2v) is 6.49. The minimum atomic E-state index is -0.121. The van der Waals surface area contributed by atoms with Crippen LogP contribution in [0.15, 0.2) is 24.5 Å². The van der Waals surface area contributed by atoms with E-state index in [4.69, 9.17) is 9.47 Å². The quantitative estimate of drug-likeness (QED) is 0.726. The van der Waals surface area contributed by atoms with Crippen LogP contribution in [-0.4, -0.2) is 47.7 Å². The SMILES string of the molecule is CCOC(=O)C1CCCN(c2ncnc3c2[nH]c2cc(OC)ccc23)C1. The average Bonchev–Trinajstić information content (AvgIpc) is 3.06. The number of nitrogens with one attached hydrogen (secondary N) is 1. The van der Waals surface area contributed by atoms with Crippen molar-refractivity contribution in [3.05, 3.63) is 24.5 Å². The Morgan fingerprint density at radius 1 is 1.38 bits per heavy atom. The predicted molar refractivity (Wildman–Crippen MR) is 99.5 cm³/mol. The number of nitrogens with zero attached hydrogens (tertiary/aromatic N) is 3. The molecule has 1 fully saturated rings. The fraction of sp³-hybridized carbons (Fsp3) is 0.421. The van der Waals surface area contributed by atoms with Gasteiger partial charge >= 0.3 is 5.97 Å². The number of piperidine rings is 1. The van der Waals surface area contributed by atoms with Crippen molar-refractivity contribution in [1.82, 2.24) is 15.0 Å². The van der Waals surface area contributed by atoms with Gasteiger partial charge in [0.05, 0.1) is 25.2 Å². The van der Waals surface area contributed by atoms with Gasteiger partial charge in [0.1, 0.15) is 23.1 Å². The van der Waals surface area contributed by atoms with E-state index >= 15 is 0 Å². The molecule has 0 saturated carbocycles. The zero-order chi connectivity index (χ0) is 18.1. The summed E-state index contributed by atoms with van der Waals surface area (Å²) in [6.45, 7) is 3.73. The number of anilines is 1. The van der Waals surface area contributed by atoms with Gasteiger partial charge in [-0.25, -0.2) is 9.97 Å². The summed E-state index contributed by atoms with van der Waals surface area (Å²) in [6, 6.07) is 5.88. The number of ether oxygens (including phenoxy) is 2. The summed E-state index contributed by atoms with van der Waals surface area (Å²) in [4.78, 5) is 26.7. The van der Waals surface area contributed by atoms with Crippen LogP contribution in [0.1, 0.15) is 19.8 Å². The van der Waals surface area contributed by atoms with E-state index in [1.807, 2.05) is 25.1 Å². The van der Waals surface area contributed by atoms with E-state index in [0.717, 1.165) is 52.9 Å². The Hall–Kier alpha value is -2.83. The molecule has 0 aliphatic carbocycles. The minimum absolute atomic E-state index is 0.113. The molecule has 136 valence electrons. The molecular formula is C19H22N4O3. The Kier molecular flexibility index (Phi) is 4.36. The van der Waals surface area contributed by atoms with Crippen LogP contribution in [0.25, 0.3) is 21.9 Å². The van der Waals surface area contributed by atoms with E-state index in [1.165, 1.54) is 0 Å². The largest absolute Gasteiger partial charge is 0.497 e. The molecule has 4 rings (SSSR count). The lowest BCUT2D eigenvalue weighted by molar-refractivity contribution is -0.148. The van der Waals surface area contributed by atoms with Crippen LogP contribution >= 0.6 is 0 Å². The number of hydrogen-bond acceptors (Lipinski definition) is 6. The third kappa shape index (κ3) is 2.83. The highest BCUT2D eigenvalue weighted by atomic mass is 16.5. The van der Waals surface area contributed by atoms with Gasteiger partial charge in [-0.2, -0.15) is 0 Å². The van der Waals surface area contributed by atoms with Crippen LogP contribution in [0.2, 0.25) is 0 Å². The first-order valence-electron chi connectivity index (χ1n) is 8.93. The Morgan fingerprint density at radius 2 is 2.27 bits per heavy atom. The molecule has 1 aliphatic heterocycles. The molecule has 3 heterocycles. The second kappa shape index (κ2) is 6.82. The average molecular weight is 354 g/mol. The van der Waals surface area contributed by atoms with Crippen molar-refractivity contribution in [3.8, 4) is 5.75 Å². The van der Waals surface area contributed by atoms with Crippen LogP contribution in [0.4, 0.5) is 5.82 Å². The first kappa shape index (κ1) is 16.6. The van der Waals surface area contributed by atoms with E-state index in [0.29, 0.717) is 13.2 Å². The number of aromatic amines is 1. The highest BCUT2D eigenvalue weighted by Crippen LogP contribution is 2.32. The Morgan fingerprint density at radius 3 is 3.08 bits per heavy atom. The summed E-state index contributed by atoms with van der Waals surface area (Å²) >= 11 is 0. The van der Waals surface area contributed by atoms with Crippen LogP contribution in [0, 0.1) is 5.92 Å². The van der Waals surface area contributed by atoms with Gasteiger partial charge in [-0.15, -0.1) is 0 Å². The smallest absolute Gasteiger partial charge is 0.310 e. The topological polar surface area (TPSA) is 80.3 Å². The van der Waals surface area contributed by atoms with Crippen LogP contribution in [0.3, 0.4) is 0 Å². The molecule has 3 aromatic rings.